The number of nitrogens with two attached hydrogens (primary N) is 1. The van der Waals surface area contributed by atoms with Gasteiger partial charge in [0.05, 0.1) is 0 Å². The zero-order chi connectivity index (χ0) is 13.9. The fourth-order valence-corrected chi connectivity index (χ4v) is 3.87. The van der Waals surface area contributed by atoms with E-state index in [4.69, 9.17) is 5.73 Å². The Morgan fingerprint density at radius 1 is 1.21 bits per heavy atom. The van der Waals surface area contributed by atoms with E-state index in [-0.39, 0.29) is 0 Å². The second-order valence-electron chi connectivity index (χ2n) is 7.38. The van der Waals surface area contributed by atoms with Crippen molar-refractivity contribution < 1.29 is 0 Å². The van der Waals surface area contributed by atoms with Crippen molar-refractivity contribution in [1.82, 2.24) is 9.80 Å². The average molecular weight is 267 g/mol. The van der Waals surface area contributed by atoms with Crippen LogP contribution in [0.3, 0.4) is 0 Å². The highest BCUT2D eigenvalue weighted by molar-refractivity contribution is 4.90. The molecule has 0 aromatic heterocycles. The third kappa shape index (κ3) is 3.93. The molecule has 19 heavy (non-hydrogen) atoms. The van der Waals surface area contributed by atoms with Gasteiger partial charge in [0.2, 0.25) is 0 Å². The van der Waals surface area contributed by atoms with E-state index in [0.29, 0.717) is 5.41 Å². The molecule has 0 aromatic rings. The van der Waals surface area contributed by atoms with E-state index in [9.17, 15) is 0 Å². The van der Waals surface area contributed by atoms with E-state index in [2.05, 4.69) is 30.8 Å². The summed E-state index contributed by atoms with van der Waals surface area (Å²) < 4.78 is 0. The smallest absolute Gasteiger partial charge is 0.0217 e. The van der Waals surface area contributed by atoms with Gasteiger partial charge >= 0.3 is 0 Å². The number of rotatable bonds is 4. The van der Waals surface area contributed by atoms with E-state index in [0.717, 1.165) is 18.5 Å². The van der Waals surface area contributed by atoms with Crippen molar-refractivity contribution >= 4 is 0 Å². The van der Waals surface area contributed by atoms with E-state index in [1.54, 1.807) is 0 Å². The molecule has 2 rings (SSSR count). The minimum Gasteiger partial charge on any atom is -0.330 e. The standard InChI is InChI=1S/C16H33N3/c1-14-6-8-16(12-17,9-7-14)13-19-10-4-5-15(11-19)18(2)3/h14-15H,4-13,17H2,1-3H3. The molecule has 112 valence electrons. The molecule has 1 saturated carbocycles. The number of piperidine rings is 1. The lowest BCUT2D eigenvalue weighted by Crippen LogP contribution is -2.51. The fourth-order valence-electron chi connectivity index (χ4n) is 3.87. The van der Waals surface area contributed by atoms with E-state index >= 15 is 0 Å². The molecular formula is C16H33N3. The molecule has 1 unspecified atom stereocenters. The van der Waals surface area contributed by atoms with Crippen LogP contribution in [0.1, 0.15) is 45.4 Å². The molecule has 1 atom stereocenters. The number of hydrogen-bond acceptors (Lipinski definition) is 3. The van der Waals surface area contributed by atoms with Gasteiger partial charge in [0.15, 0.2) is 0 Å². The Kier molecular flexibility index (Phi) is 5.27. The third-order valence-corrected chi connectivity index (χ3v) is 5.54. The van der Waals surface area contributed by atoms with E-state index in [1.807, 2.05) is 0 Å². The molecule has 1 aliphatic carbocycles. The summed E-state index contributed by atoms with van der Waals surface area (Å²) in [4.78, 5) is 5.08. The lowest BCUT2D eigenvalue weighted by Gasteiger charge is -2.45. The van der Waals surface area contributed by atoms with Crippen LogP contribution in [0.25, 0.3) is 0 Å². The van der Waals surface area contributed by atoms with Crippen molar-refractivity contribution in [2.75, 3.05) is 40.3 Å². The zero-order valence-corrected chi connectivity index (χ0v) is 13.2. The second kappa shape index (κ2) is 6.55. The fraction of sp³-hybridized carbons (Fsp3) is 1.00. The Bertz CT molecular complexity index is 269. The van der Waals surface area contributed by atoms with Crippen LogP contribution in [-0.2, 0) is 0 Å². The highest BCUT2D eigenvalue weighted by Crippen LogP contribution is 2.39. The van der Waals surface area contributed by atoms with Crippen molar-refractivity contribution in [3.05, 3.63) is 0 Å². The van der Waals surface area contributed by atoms with Crippen LogP contribution in [0.4, 0.5) is 0 Å². The first-order valence-corrected chi connectivity index (χ1v) is 8.13. The van der Waals surface area contributed by atoms with E-state index in [1.165, 1.54) is 58.2 Å². The van der Waals surface area contributed by atoms with Crippen LogP contribution in [0.5, 0.6) is 0 Å². The molecule has 1 aliphatic heterocycles. The van der Waals surface area contributed by atoms with Gasteiger partial charge < -0.3 is 15.5 Å². The molecule has 0 radical (unpaired) electrons. The summed E-state index contributed by atoms with van der Waals surface area (Å²) in [6.07, 6.45) is 8.14. The zero-order valence-electron chi connectivity index (χ0n) is 13.2. The molecule has 1 heterocycles. The van der Waals surface area contributed by atoms with Crippen molar-refractivity contribution in [2.45, 2.75) is 51.5 Å². The van der Waals surface area contributed by atoms with Crippen LogP contribution < -0.4 is 5.73 Å². The lowest BCUT2D eigenvalue weighted by molar-refractivity contribution is 0.0579. The minimum absolute atomic E-state index is 0.417. The average Bonchev–Trinajstić information content (AvgIpc) is 2.42. The van der Waals surface area contributed by atoms with Crippen molar-refractivity contribution in [2.24, 2.45) is 17.1 Å². The number of nitrogens with zero attached hydrogens (tertiary/aromatic N) is 2. The molecule has 0 amide bonds. The number of likely N-dealkylation sites (N-methyl/N-ethyl adjacent to an activating group) is 1. The van der Waals surface area contributed by atoms with E-state index < -0.39 is 0 Å². The van der Waals surface area contributed by atoms with Gasteiger partial charge in [-0.15, -0.1) is 0 Å². The van der Waals surface area contributed by atoms with Crippen LogP contribution in [0, 0.1) is 11.3 Å². The van der Waals surface area contributed by atoms with Gasteiger partial charge in [-0.3, -0.25) is 0 Å². The maximum absolute atomic E-state index is 6.16. The highest BCUT2D eigenvalue weighted by Gasteiger charge is 2.35. The van der Waals surface area contributed by atoms with Gasteiger partial charge in [-0.1, -0.05) is 19.8 Å². The van der Waals surface area contributed by atoms with Gasteiger partial charge in [-0.05, 0) is 64.2 Å². The summed E-state index contributed by atoms with van der Waals surface area (Å²) in [6.45, 7) is 7.03. The molecular weight excluding hydrogens is 234 g/mol. The monoisotopic (exact) mass is 267 g/mol. The Morgan fingerprint density at radius 3 is 2.47 bits per heavy atom. The largest absolute Gasteiger partial charge is 0.330 e. The summed E-state index contributed by atoms with van der Waals surface area (Å²) in [7, 11) is 4.43. The first-order valence-electron chi connectivity index (χ1n) is 8.13. The Morgan fingerprint density at radius 2 is 1.89 bits per heavy atom. The molecule has 0 spiro atoms. The first-order chi connectivity index (χ1) is 9.04. The summed E-state index contributed by atoms with van der Waals surface area (Å²) in [5.41, 5.74) is 6.58. The first kappa shape index (κ1) is 15.3. The molecule has 0 aromatic carbocycles. The topological polar surface area (TPSA) is 32.5 Å². The number of likely N-dealkylation sites (tertiary alicyclic amines) is 1. The quantitative estimate of drug-likeness (QED) is 0.847. The number of hydrogen-bond donors (Lipinski definition) is 1. The van der Waals surface area contributed by atoms with Gasteiger partial charge in [0, 0.05) is 19.1 Å². The van der Waals surface area contributed by atoms with Gasteiger partial charge in [-0.2, -0.15) is 0 Å². The summed E-state index contributed by atoms with van der Waals surface area (Å²) in [5, 5.41) is 0. The minimum atomic E-state index is 0.417. The SMILES string of the molecule is CC1CCC(CN)(CN2CCCC(N(C)C)C2)CC1. The van der Waals surface area contributed by atoms with Gasteiger partial charge in [-0.25, -0.2) is 0 Å². The molecule has 0 bridgehead atoms. The predicted molar refractivity (Wildman–Crippen MR) is 82.3 cm³/mol. The maximum Gasteiger partial charge on any atom is 0.0217 e. The van der Waals surface area contributed by atoms with Gasteiger partial charge in [0.1, 0.15) is 0 Å². The molecule has 2 aliphatic rings. The summed E-state index contributed by atoms with van der Waals surface area (Å²) in [5.74, 6) is 0.913. The van der Waals surface area contributed by atoms with Crippen LogP contribution in [-0.4, -0.2) is 56.1 Å². The third-order valence-electron chi connectivity index (χ3n) is 5.54. The Balaban J connectivity index is 1.91. The maximum atomic E-state index is 6.16. The van der Waals surface area contributed by atoms with Crippen molar-refractivity contribution in [3.8, 4) is 0 Å². The van der Waals surface area contributed by atoms with Crippen LogP contribution in [0.15, 0.2) is 0 Å². The Labute approximate surface area is 119 Å². The predicted octanol–water partition coefficient (Wildman–Crippen LogP) is 2.17. The lowest BCUT2D eigenvalue weighted by atomic mass is 9.70. The molecule has 3 nitrogen and oxygen atoms in total. The molecule has 2 N–H and O–H groups in total. The summed E-state index contributed by atoms with van der Waals surface area (Å²) in [6, 6.07) is 0.742. The van der Waals surface area contributed by atoms with Crippen molar-refractivity contribution in [1.29, 1.82) is 0 Å². The Hall–Kier alpha value is -0.120. The van der Waals surface area contributed by atoms with Crippen LogP contribution >= 0.6 is 0 Å². The van der Waals surface area contributed by atoms with Crippen molar-refractivity contribution in [3.63, 3.8) is 0 Å². The second-order valence-corrected chi connectivity index (χ2v) is 7.38. The normalized spacial score (nSPS) is 37.7. The molecule has 1 saturated heterocycles. The molecule has 2 fully saturated rings. The molecule has 3 heteroatoms. The summed E-state index contributed by atoms with van der Waals surface area (Å²) >= 11 is 0. The van der Waals surface area contributed by atoms with Crippen LogP contribution in [0.2, 0.25) is 0 Å². The van der Waals surface area contributed by atoms with Gasteiger partial charge in [0.25, 0.3) is 0 Å². The highest BCUT2D eigenvalue weighted by atomic mass is 15.2.